The summed E-state index contributed by atoms with van der Waals surface area (Å²) in [5.41, 5.74) is -0.809. The van der Waals surface area contributed by atoms with Crippen LogP contribution in [0.2, 0.25) is 0 Å². The fourth-order valence-corrected chi connectivity index (χ4v) is 3.65. The monoisotopic (exact) mass is 579 g/mol. The molecule has 0 saturated carbocycles. The highest BCUT2D eigenvalue weighted by Crippen LogP contribution is 2.34. The van der Waals surface area contributed by atoms with Gasteiger partial charge in [-0.25, -0.2) is 13.5 Å². The fourth-order valence-electron chi connectivity index (χ4n) is 3.65. The minimum Gasteiger partial charge on any atom is -0.383 e. The Balaban J connectivity index is 1.85. The summed E-state index contributed by atoms with van der Waals surface area (Å²) in [5.74, 6) is -3.79. The molecule has 0 saturated heterocycles. The fraction of sp³-hybridized carbons (Fsp3) is 0.292. The first kappa shape index (κ1) is 30.3. The number of aromatic nitrogens is 2. The molecule has 1 atom stereocenters. The van der Waals surface area contributed by atoms with Crippen molar-refractivity contribution >= 4 is 17.6 Å². The molecule has 16 heteroatoms. The Morgan fingerprint density at radius 3 is 2.20 bits per heavy atom. The van der Waals surface area contributed by atoms with Crippen molar-refractivity contribution in [2.75, 3.05) is 32.0 Å². The van der Waals surface area contributed by atoms with Crippen LogP contribution >= 0.6 is 0 Å². The van der Waals surface area contributed by atoms with Gasteiger partial charge in [0.25, 0.3) is 11.8 Å². The summed E-state index contributed by atoms with van der Waals surface area (Å²) in [5, 5.41) is 16.1. The molecule has 3 rings (SSSR count). The van der Waals surface area contributed by atoms with Gasteiger partial charge < -0.3 is 21.1 Å². The predicted molar refractivity (Wildman–Crippen MR) is 125 cm³/mol. The average Bonchev–Trinajstić information content (AvgIpc) is 3.27. The molecular formula is C24H21F8N5O3. The summed E-state index contributed by atoms with van der Waals surface area (Å²) in [7, 11) is 0. The van der Waals surface area contributed by atoms with Crippen molar-refractivity contribution in [3.63, 3.8) is 0 Å². The number of amides is 2. The van der Waals surface area contributed by atoms with Crippen molar-refractivity contribution in [2.45, 2.75) is 18.0 Å². The first-order chi connectivity index (χ1) is 18.6. The molecule has 216 valence electrons. The first-order valence-electron chi connectivity index (χ1n) is 11.3. The number of nitrogens with two attached hydrogens (primary N) is 1. The summed E-state index contributed by atoms with van der Waals surface area (Å²) < 4.78 is 109. The second kappa shape index (κ2) is 11.5. The summed E-state index contributed by atoms with van der Waals surface area (Å²) >= 11 is 0. The Hall–Kier alpha value is -4.21. The highest BCUT2D eigenvalue weighted by molar-refractivity contribution is 5.98. The molecule has 4 N–H and O–H groups in total. The number of alkyl halides is 7. The van der Waals surface area contributed by atoms with Crippen LogP contribution in [0.4, 0.5) is 40.9 Å². The second-order valence-electron chi connectivity index (χ2n) is 8.50. The topological polar surface area (TPSA) is 113 Å². The minimum absolute atomic E-state index is 0.0745. The number of halogens is 8. The SMILES string of the molecule is Nc1c(C(=O)NCC(O)(CN(CCF)C(=O)c2ccccc2C(F)(F)F)C(F)(F)F)cnn1-c1ccc(F)cc1. The standard InChI is InChI=1S/C24H21F8N5O3/c25-9-10-36(21(39)16-3-1-2-4-18(16)23(27,28)29)13-22(40,24(30,31)32)12-34-20(38)17-11-35-37(19(17)33)15-7-5-14(26)6-8-15/h1-8,11,40H,9-10,12-13,33H2,(H,34,38). The number of nitrogen functional groups attached to an aromatic ring is 1. The molecule has 3 aromatic rings. The van der Waals surface area contributed by atoms with E-state index in [4.69, 9.17) is 5.73 Å². The van der Waals surface area contributed by atoms with Gasteiger partial charge in [-0.1, -0.05) is 12.1 Å². The maximum Gasteiger partial charge on any atom is 0.420 e. The number of rotatable bonds is 9. The van der Waals surface area contributed by atoms with Crippen molar-refractivity contribution < 1.29 is 49.8 Å². The molecule has 0 aliphatic carbocycles. The van der Waals surface area contributed by atoms with Crippen LogP contribution in [0.15, 0.2) is 54.7 Å². The van der Waals surface area contributed by atoms with E-state index in [-0.39, 0.29) is 16.4 Å². The van der Waals surface area contributed by atoms with E-state index in [9.17, 15) is 49.8 Å². The van der Waals surface area contributed by atoms with E-state index >= 15 is 0 Å². The predicted octanol–water partition coefficient (Wildman–Crippen LogP) is 3.75. The van der Waals surface area contributed by atoms with Gasteiger partial charge >= 0.3 is 12.4 Å². The highest BCUT2D eigenvalue weighted by atomic mass is 19.4. The lowest BCUT2D eigenvalue weighted by atomic mass is 10.0. The number of hydrogen-bond donors (Lipinski definition) is 3. The quantitative estimate of drug-likeness (QED) is 0.335. The summed E-state index contributed by atoms with van der Waals surface area (Å²) in [4.78, 5) is 25.5. The first-order valence-corrected chi connectivity index (χ1v) is 11.3. The van der Waals surface area contributed by atoms with E-state index in [1.54, 1.807) is 0 Å². The van der Waals surface area contributed by atoms with Crippen LogP contribution in [-0.2, 0) is 6.18 Å². The van der Waals surface area contributed by atoms with Gasteiger partial charge in [-0.2, -0.15) is 31.4 Å². The molecule has 40 heavy (non-hydrogen) atoms. The number of anilines is 1. The van der Waals surface area contributed by atoms with Crippen molar-refractivity contribution in [2.24, 2.45) is 0 Å². The Kier molecular flexibility index (Phi) is 8.72. The zero-order chi connectivity index (χ0) is 29.9. The van der Waals surface area contributed by atoms with Gasteiger partial charge in [0.1, 0.15) is 23.9 Å². The number of benzene rings is 2. The van der Waals surface area contributed by atoms with Crippen LogP contribution in [0.1, 0.15) is 26.3 Å². The van der Waals surface area contributed by atoms with Crippen LogP contribution < -0.4 is 11.1 Å². The van der Waals surface area contributed by atoms with Gasteiger partial charge in [-0.15, -0.1) is 0 Å². The van der Waals surface area contributed by atoms with E-state index in [1.807, 2.05) is 5.32 Å². The third-order valence-corrected chi connectivity index (χ3v) is 5.75. The molecule has 0 bridgehead atoms. The Morgan fingerprint density at radius 1 is 1.00 bits per heavy atom. The van der Waals surface area contributed by atoms with Gasteiger partial charge in [-0.05, 0) is 36.4 Å². The van der Waals surface area contributed by atoms with E-state index < -0.39 is 78.6 Å². The van der Waals surface area contributed by atoms with Crippen LogP contribution in [0.3, 0.4) is 0 Å². The molecule has 0 aliphatic rings. The average molecular weight is 579 g/mol. The highest BCUT2D eigenvalue weighted by Gasteiger charge is 2.55. The van der Waals surface area contributed by atoms with Gasteiger partial charge in [-0.3, -0.25) is 9.59 Å². The summed E-state index contributed by atoms with van der Waals surface area (Å²) in [6, 6.07) is 7.86. The smallest absolute Gasteiger partial charge is 0.383 e. The third kappa shape index (κ3) is 6.50. The van der Waals surface area contributed by atoms with Crippen LogP contribution in [-0.4, -0.2) is 69.7 Å². The second-order valence-corrected chi connectivity index (χ2v) is 8.50. The summed E-state index contributed by atoms with van der Waals surface area (Å²) in [6.07, 6.45) is -9.70. The minimum atomic E-state index is -5.54. The molecule has 2 amide bonds. The van der Waals surface area contributed by atoms with Crippen LogP contribution in [0, 0.1) is 5.82 Å². The zero-order valence-corrected chi connectivity index (χ0v) is 20.2. The molecule has 0 radical (unpaired) electrons. The number of nitrogens with zero attached hydrogens (tertiary/aromatic N) is 3. The lowest BCUT2D eigenvalue weighted by Crippen LogP contribution is -2.60. The van der Waals surface area contributed by atoms with Crippen LogP contribution in [0.25, 0.3) is 5.69 Å². The molecule has 0 fully saturated rings. The lowest BCUT2D eigenvalue weighted by molar-refractivity contribution is -0.260. The number of hydrogen-bond acceptors (Lipinski definition) is 5. The number of carbonyl (C=O) groups excluding carboxylic acids is 2. The van der Waals surface area contributed by atoms with Crippen molar-refractivity contribution in [3.05, 3.63) is 77.2 Å². The van der Waals surface area contributed by atoms with E-state index in [0.29, 0.717) is 12.1 Å². The third-order valence-electron chi connectivity index (χ3n) is 5.75. The van der Waals surface area contributed by atoms with E-state index in [1.165, 1.54) is 12.1 Å². The van der Waals surface area contributed by atoms with Crippen molar-refractivity contribution in [3.8, 4) is 5.69 Å². The van der Waals surface area contributed by atoms with Crippen LogP contribution in [0.5, 0.6) is 0 Å². The van der Waals surface area contributed by atoms with E-state index in [0.717, 1.165) is 35.1 Å². The molecule has 0 spiro atoms. The normalized spacial score (nSPS) is 13.5. The van der Waals surface area contributed by atoms with Crippen molar-refractivity contribution in [1.82, 2.24) is 20.0 Å². The van der Waals surface area contributed by atoms with Gasteiger partial charge in [0.2, 0.25) is 0 Å². The summed E-state index contributed by atoms with van der Waals surface area (Å²) in [6.45, 7) is -5.84. The molecule has 1 unspecified atom stereocenters. The number of carbonyl (C=O) groups is 2. The molecule has 2 aromatic carbocycles. The molecule has 0 aliphatic heterocycles. The Bertz CT molecular complexity index is 1360. The molecular weight excluding hydrogens is 558 g/mol. The molecule has 1 aromatic heterocycles. The van der Waals surface area contributed by atoms with Gasteiger partial charge in [0.05, 0.1) is 36.1 Å². The van der Waals surface area contributed by atoms with Crippen molar-refractivity contribution in [1.29, 1.82) is 0 Å². The lowest BCUT2D eigenvalue weighted by Gasteiger charge is -2.35. The maximum absolute atomic E-state index is 13.9. The Labute approximate surface area is 221 Å². The Morgan fingerprint density at radius 2 is 1.62 bits per heavy atom. The number of nitrogens with one attached hydrogen (secondary N) is 1. The zero-order valence-electron chi connectivity index (χ0n) is 20.2. The largest absolute Gasteiger partial charge is 0.420 e. The maximum atomic E-state index is 13.9. The van der Waals surface area contributed by atoms with Gasteiger partial charge in [0, 0.05) is 6.54 Å². The van der Waals surface area contributed by atoms with Gasteiger partial charge in [0.15, 0.2) is 5.60 Å². The molecule has 8 nitrogen and oxygen atoms in total. The number of aliphatic hydroxyl groups is 1. The molecule has 1 heterocycles. The van der Waals surface area contributed by atoms with E-state index in [2.05, 4.69) is 5.10 Å².